The molecule has 2 unspecified atom stereocenters. The third-order valence-electron chi connectivity index (χ3n) is 5.10. The van der Waals surface area contributed by atoms with Gasteiger partial charge in [-0.15, -0.1) is 0 Å². The van der Waals surface area contributed by atoms with Crippen LogP contribution in [0.4, 0.5) is 4.79 Å². The van der Waals surface area contributed by atoms with Crippen LogP contribution in [0.25, 0.3) is 0 Å². The van der Waals surface area contributed by atoms with Crippen molar-refractivity contribution in [2.45, 2.75) is 72.4 Å². The number of nitrogens with zero attached hydrogens (tertiary/aromatic N) is 1. The molecule has 1 aromatic rings. The summed E-state index contributed by atoms with van der Waals surface area (Å²) in [6.45, 7) is 12.2. The number of rotatable bonds is 15. The Bertz CT molecular complexity index is 648. The maximum absolute atomic E-state index is 12.6. The lowest BCUT2D eigenvalue weighted by atomic mass is 10.1. The minimum atomic E-state index is -0.963. The van der Waals surface area contributed by atoms with Crippen LogP contribution in [0.15, 0.2) is 24.3 Å². The standard InChI is InChI=1S/C24H40N2O5/c1-6-19(5)25-24(29)26(14-8-9-18(3)4)15-16-31-21-12-10-20(11-13-21)17-22(23(27)28)30-7-2/h10-13,18-19,22H,6-9,14-17H2,1-5H3,(H,25,29)(H,27,28). The summed E-state index contributed by atoms with van der Waals surface area (Å²) in [5, 5.41) is 12.2. The molecule has 7 heteroatoms. The topological polar surface area (TPSA) is 88.1 Å². The zero-order valence-electron chi connectivity index (χ0n) is 19.7. The van der Waals surface area contributed by atoms with Crippen LogP contribution >= 0.6 is 0 Å². The molecule has 0 radical (unpaired) electrons. The molecule has 0 heterocycles. The first-order valence-corrected chi connectivity index (χ1v) is 11.4. The lowest BCUT2D eigenvalue weighted by Gasteiger charge is -2.25. The van der Waals surface area contributed by atoms with Crippen molar-refractivity contribution in [2.24, 2.45) is 5.92 Å². The smallest absolute Gasteiger partial charge is 0.333 e. The predicted octanol–water partition coefficient (Wildman–Crippen LogP) is 4.34. The van der Waals surface area contributed by atoms with E-state index in [0.29, 0.717) is 44.4 Å². The highest BCUT2D eigenvalue weighted by molar-refractivity contribution is 5.74. The van der Waals surface area contributed by atoms with Gasteiger partial charge < -0.3 is 24.8 Å². The molecule has 0 aliphatic rings. The minimum Gasteiger partial charge on any atom is -0.492 e. The largest absolute Gasteiger partial charge is 0.492 e. The Hall–Kier alpha value is -2.28. The Morgan fingerprint density at radius 1 is 1.10 bits per heavy atom. The van der Waals surface area contributed by atoms with Crippen molar-refractivity contribution >= 4 is 12.0 Å². The molecular weight excluding hydrogens is 396 g/mol. The van der Waals surface area contributed by atoms with Gasteiger partial charge in [0, 0.05) is 25.6 Å². The molecule has 0 fully saturated rings. The third-order valence-corrected chi connectivity index (χ3v) is 5.10. The van der Waals surface area contributed by atoms with Gasteiger partial charge in [-0.05, 0) is 56.7 Å². The quantitative estimate of drug-likeness (QED) is 0.427. The lowest BCUT2D eigenvalue weighted by Crippen LogP contribution is -2.45. The Morgan fingerprint density at radius 2 is 1.77 bits per heavy atom. The Kier molecular flexibility index (Phi) is 12.7. The number of ether oxygens (including phenoxy) is 2. The van der Waals surface area contributed by atoms with Crippen molar-refractivity contribution in [3.8, 4) is 5.75 Å². The normalized spacial score (nSPS) is 13.0. The zero-order valence-corrected chi connectivity index (χ0v) is 19.7. The molecule has 7 nitrogen and oxygen atoms in total. The first kappa shape index (κ1) is 26.8. The number of carboxylic acids is 1. The van der Waals surface area contributed by atoms with E-state index < -0.39 is 12.1 Å². The third kappa shape index (κ3) is 11.1. The van der Waals surface area contributed by atoms with E-state index in [1.54, 1.807) is 6.92 Å². The van der Waals surface area contributed by atoms with Gasteiger partial charge >= 0.3 is 12.0 Å². The monoisotopic (exact) mass is 436 g/mol. The molecule has 31 heavy (non-hydrogen) atoms. The SMILES string of the molecule is CCOC(Cc1ccc(OCCN(CCCC(C)C)C(=O)NC(C)CC)cc1)C(=O)O. The second kappa shape index (κ2) is 14.7. The maximum Gasteiger partial charge on any atom is 0.333 e. The molecule has 0 aromatic heterocycles. The fourth-order valence-electron chi connectivity index (χ4n) is 3.04. The van der Waals surface area contributed by atoms with E-state index in [2.05, 4.69) is 19.2 Å². The van der Waals surface area contributed by atoms with Gasteiger partial charge in [-0.3, -0.25) is 0 Å². The molecule has 0 saturated heterocycles. The van der Waals surface area contributed by atoms with E-state index in [1.807, 2.05) is 43.0 Å². The van der Waals surface area contributed by atoms with Crippen molar-refractivity contribution in [3.05, 3.63) is 29.8 Å². The van der Waals surface area contributed by atoms with Gasteiger partial charge in [0.05, 0.1) is 6.54 Å². The van der Waals surface area contributed by atoms with E-state index in [-0.39, 0.29) is 12.1 Å². The molecule has 176 valence electrons. The molecular formula is C24H40N2O5. The van der Waals surface area contributed by atoms with Gasteiger partial charge in [-0.2, -0.15) is 0 Å². The number of benzene rings is 1. The van der Waals surface area contributed by atoms with Gasteiger partial charge in [0.25, 0.3) is 0 Å². The van der Waals surface area contributed by atoms with E-state index in [4.69, 9.17) is 9.47 Å². The summed E-state index contributed by atoms with van der Waals surface area (Å²) in [4.78, 5) is 25.6. The number of aliphatic carboxylic acids is 1. The highest BCUT2D eigenvalue weighted by atomic mass is 16.5. The van der Waals surface area contributed by atoms with Crippen molar-refractivity contribution in [2.75, 3.05) is 26.3 Å². The number of hydrogen-bond acceptors (Lipinski definition) is 4. The zero-order chi connectivity index (χ0) is 23.2. The second-order valence-corrected chi connectivity index (χ2v) is 8.26. The van der Waals surface area contributed by atoms with E-state index in [9.17, 15) is 14.7 Å². The average Bonchev–Trinajstić information content (AvgIpc) is 2.72. The number of urea groups is 1. The van der Waals surface area contributed by atoms with Gasteiger partial charge in [0.2, 0.25) is 0 Å². The number of carbonyl (C=O) groups excluding carboxylic acids is 1. The van der Waals surface area contributed by atoms with Gasteiger partial charge in [0.1, 0.15) is 12.4 Å². The van der Waals surface area contributed by atoms with Crippen LogP contribution in [0.3, 0.4) is 0 Å². The summed E-state index contributed by atoms with van der Waals surface area (Å²) < 4.78 is 11.1. The summed E-state index contributed by atoms with van der Waals surface area (Å²) in [5.41, 5.74) is 0.872. The van der Waals surface area contributed by atoms with E-state index >= 15 is 0 Å². The van der Waals surface area contributed by atoms with Gasteiger partial charge in [-0.1, -0.05) is 32.9 Å². The van der Waals surface area contributed by atoms with Crippen LogP contribution in [-0.2, 0) is 16.0 Å². The van der Waals surface area contributed by atoms with Crippen LogP contribution in [0.5, 0.6) is 5.75 Å². The first-order chi connectivity index (χ1) is 14.8. The number of carboxylic acid groups (broad SMARTS) is 1. The van der Waals surface area contributed by atoms with E-state index in [0.717, 1.165) is 24.8 Å². The number of carbonyl (C=O) groups is 2. The molecule has 2 N–H and O–H groups in total. The number of amides is 2. The van der Waals surface area contributed by atoms with E-state index in [1.165, 1.54) is 0 Å². The summed E-state index contributed by atoms with van der Waals surface area (Å²) in [5.74, 6) is 0.338. The van der Waals surface area contributed by atoms with Crippen molar-refractivity contribution in [1.29, 1.82) is 0 Å². The summed E-state index contributed by atoms with van der Waals surface area (Å²) in [6.07, 6.45) is 2.39. The fraction of sp³-hybridized carbons (Fsp3) is 0.667. The van der Waals surface area contributed by atoms with Crippen LogP contribution in [0.2, 0.25) is 0 Å². The fourth-order valence-corrected chi connectivity index (χ4v) is 3.04. The highest BCUT2D eigenvalue weighted by Crippen LogP contribution is 2.15. The van der Waals surface area contributed by atoms with Gasteiger partial charge in [-0.25, -0.2) is 9.59 Å². The second-order valence-electron chi connectivity index (χ2n) is 8.26. The van der Waals surface area contributed by atoms with Crippen molar-refractivity contribution in [3.63, 3.8) is 0 Å². The molecule has 0 aliphatic carbocycles. The maximum atomic E-state index is 12.6. The van der Waals surface area contributed by atoms with Crippen molar-refractivity contribution in [1.82, 2.24) is 10.2 Å². The molecule has 2 amide bonds. The van der Waals surface area contributed by atoms with Crippen LogP contribution in [-0.4, -0.2) is 60.5 Å². The molecule has 2 atom stereocenters. The molecule has 1 aromatic carbocycles. The molecule has 1 rings (SSSR count). The Morgan fingerprint density at radius 3 is 2.32 bits per heavy atom. The predicted molar refractivity (Wildman–Crippen MR) is 123 cm³/mol. The summed E-state index contributed by atoms with van der Waals surface area (Å²) in [7, 11) is 0. The Labute approximate surface area is 187 Å². The Balaban J connectivity index is 2.58. The summed E-state index contributed by atoms with van der Waals surface area (Å²) in [6, 6.07) is 7.43. The van der Waals surface area contributed by atoms with Crippen LogP contribution in [0, 0.1) is 5.92 Å². The number of nitrogens with one attached hydrogen (secondary N) is 1. The minimum absolute atomic E-state index is 0.0484. The lowest BCUT2D eigenvalue weighted by molar-refractivity contribution is -0.149. The van der Waals surface area contributed by atoms with Crippen LogP contribution in [0.1, 0.15) is 59.4 Å². The molecule has 0 saturated carbocycles. The first-order valence-electron chi connectivity index (χ1n) is 11.4. The van der Waals surface area contributed by atoms with Crippen LogP contribution < -0.4 is 10.1 Å². The molecule has 0 bridgehead atoms. The number of hydrogen-bond donors (Lipinski definition) is 2. The average molecular weight is 437 g/mol. The molecule has 0 aliphatic heterocycles. The highest BCUT2D eigenvalue weighted by Gasteiger charge is 2.18. The van der Waals surface area contributed by atoms with Gasteiger partial charge in [0.15, 0.2) is 6.10 Å². The summed E-state index contributed by atoms with van der Waals surface area (Å²) >= 11 is 0. The molecule has 0 spiro atoms. The van der Waals surface area contributed by atoms with Crippen molar-refractivity contribution < 1.29 is 24.2 Å².